The van der Waals surface area contributed by atoms with Crippen LogP contribution >= 0.6 is 0 Å². The fourth-order valence-electron chi connectivity index (χ4n) is 2.36. The zero-order valence-electron chi connectivity index (χ0n) is 11.7. The molecule has 110 valence electrons. The summed E-state index contributed by atoms with van der Waals surface area (Å²) in [5, 5.41) is 20.1. The van der Waals surface area contributed by atoms with Crippen molar-refractivity contribution in [1.82, 2.24) is 4.98 Å². The van der Waals surface area contributed by atoms with Crippen molar-refractivity contribution < 1.29 is 15.0 Å². The van der Waals surface area contributed by atoms with Crippen LogP contribution in [0.5, 0.6) is 0 Å². The molecular formula is C18H15NO3. The van der Waals surface area contributed by atoms with Crippen molar-refractivity contribution in [3.8, 4) is 0 Å². The summed E-state index contributed by atoms with van der Waals surface area (Å²) < 4.78 is 0. The minimum atomic E-state index is -0.977. The standard InChI is InChI=1S/C18H15NO3/c20-17(12-5-7-13(8-6-12)18(21)22)10-9-14-11-19-16-4-2-1-3-15(14)16/h1-11,17,19-20H,(H,21,22)/b10-9+. The molecule has 1 atom stereocenters. The van der Waals surface area contributed by atoms with Crippen LogP contribution in [-0.4, -0.2) is 21.2 Å². The summed E-state index contributed by atoms with van der Waals surface area (Å²) in [7, 11) is 0. The third kappa shape index (κ3) is 2.77. The molecule has 1 aromatic heterocycles. The van der Waals surface area contributed by atoms with Crippen LogP contribution in [0.15, 0.2) is 60.8 Å². The smallest absolute Gasteiger partial charge is 0.335 e. The number of nitrogens with one attached hydrogen (secondary N) is 1. The number of hydrogen-bond acceptors (Lipinski definition) is 2. The SMILES string of the molecule is O=C(O)c1ccc(C(O)/C=C/c2c[nH]c3ccccc23)cc1. The van der Waals surface area contributed by atoms with Gasteiger partial charge in [0.15, 0.2) is 0 Å². The number of carboxylic acid groups (broad SMARTS) is 1. The molecule has 3 aromatic rings. The third-order valence-corrected chi connectivity index (χ3v) is 3.58. The molecule has 0 fully saturated rings. The van der Waals surface area contributed by atoms with Crippen molar-refractivity contribution in [3.05, 3.63) is 77.5 Å². The van der Waals surface area contributed by atoms with Crippen LogP contribution in [0.25, 0.3) is 17.0 Å². The van der Waals surface area contributed by atoms with E-state index in [1.165, 1.54) is 12.1 Å². The van der Waals surface area contributed by atoms with E-state index in [9.17, 15) is 9.90 Å². The van der Waals surface area contributed by atoms with E-state index in [1.807, 2.05) is 36.5 Å². The van der Waals surface area contributed by atoms with Gasteiger partial charge in [-0.2, -0.15) is 0 Å². The highest BCUT2D eigenvalue weighted by atomic mass is 16.4. The van der Waals surface area contributed by atoms with E-state index >= 15 is 0 Å². The molecule has 0 radical (unpaired) electrons. The molecule has 0 saturated heterocycles. The van der Waals surface area contributed by atoms with Gasteiger partial charge in [0, 0.05) is 17.1 Å². The Morgan fingerprint density at radius 1 is 1.09 bits per heavy atom. The molecule has 0 amide bonds. The lowest BCUT2D eigenvalue weighted by Gasteiger charge is -2.06. The molecule has 2 aromatic carbocycles. The van der Waals surface area contributed by atoms with E-state index in [2.05, 4.69) is 4.98 Å². The maximum absolute atomic E-state index is 10.8. The van der Waals surface area contributed by atoms with Crippen molar-refractivity contribution in [1.29, 1.82) is 0 Å². The zero-order valence-corrected chi connectivity index (χ0v) is 11.7. The Balaban J connectivity index is 1.81. The fourth-order valence-corrected chi connectivity index (χ4v) is 2.36. The van der Waals surface area contributed by atoms with Gasteiger partial charge in [0.1, 0.15) is 0 Å². The highest BCUT2D eigenvalue weighted by molar-refractivity contribution is 5.89. The Bertz CT molecular complexity index is 831. The van der Waals surface area contributed by atoms with Crippen LogP contribution in [0.3, 0.4) is 0 Å². The Morgan fingerprint density at radius 2 is 1.82 bits per heavy atom. The number of aliphatic hydroxyl groups is 1. The van der Waals surface area contributed by atoms with Gasteiger partial charge < -0.3 is 15.2 Å². The Kier molecular flexibility index (Phi) is 3.76. The second-order valence-corrected chi connectivity index (χ2v) is 5.02. The molecule has 22 heavy (non-hydrogen) atoms. The number of para-hydroxylation sites is 1. The molecule has 1 heterocycles. The molecule has 0 spiro atoms. The van der Waals surface area contributed by atoms with E-state index in [0.717, 1.165) is 16.5 Å². The maximum atomic E-state index is 10.8. The number of carboxylic acids is 1. The highest BCUT2D eigenvalue weighted by Gasteiger charge is 2.07. The first-order valence-electron chi connectivity index (χ1n) is 6.91. The summed E-state index contributed by atoms with van der Waals surface area (Å²) in [5.41, 5.74) is 2.90. The van der Waals surface area contributed by atoms with E-state index in [1.54, 1.807) is 18.2 Å². The topological polar surface area (TPSA) is 73.3 Å². The molecule has 1 unspecified atom stereocenters. The summed E-state index contributed by atoms with van der Waals surface area (Å²) in [6.07, 6.45) is 4.65. The number of benzene rings is 2. The van der Waals surface area contributed by atoms with Gasteiger partial charge in [0.2, 0.25) is 0 Å². The predicted molar refractivity (Wildman–Crippen MR) is 85.7 cm³/mol. The molecular weight excluding hydrogens is 278 g/mol. The number of rotatable bonds is 4. The van der Waals surface area contributed by atoms with Crippen molar-refractivity contribution in [3.63, 3.8) is 0 Å². The van der Waals surface area contributed by atoms with E-state index in [4.69, 9.17) is 5.11 Å². The number of H-pyrrole nitrogens is 1. The number of hydrogen-bond donors (Lipinski definition) is 3. The lowest BCUT2D eigenvalue weighted by molar-refractivity contribution is 0.0696. The van der Waals surface area contributed by atoms with Crippen LogP contribution in [0.2, 0.25) is 0 Å². The summed E-state index contributed by atoms with van der Waals surface area (Å²) in [5.74, 6) is -0.977. The second-order valence-electron chi connectivity index (χ2n) is 5.02. The van der Waals surface area contributed by atoms with Gasteiger partial charge >= 0.3 is 5.97 Å². The minimum absolute atomic E-state index is 0.205. The average Bonchev–Trinajstić information content (AvgIpc) is 2.96. The largest absolute Gasteiger partial charge is 0.478 e. The Labute approximate surface area is 127 Å². The van der Waals surface area contributed by atoms with Crippen LogP contribution in [0, 0.1) is 0 Å². The summed E-state index contributed by atoms with van der Waals surface area (Å²) in [6.45, 7) is 0. The van der Waals surface area contributed by atoms with Crippen LogP contribution in [-0.2, 0) is 0 Å². The Morgan fingerprint density at radius 3 is 2.55 bits per heavy atom. The first-order chi connectivity index (χ1) is 10.6. The van der Waals surface area contributed by atoms with Crippen LogP contribution in [0.4, 0.5) is 0 Å². The normalized spacial score (nSPS) is 12.8. The average molecular weight is 293 g/mol. The van der Waals surface area contributed by atoms with E-state index in [-0.39, 0.29) is 5.56 Å². The van der Waals surface area contributed by atoms with Crippen molar-refractivity contribution >= 4 is 22.9 Å². The van der Waals surface area contributed by atoms with Gasteiger partial charge in [-0.1, -0.05) is 42.5 Å². The third-order valence-electron chi connectivity index (χ3n) is 3.58. The van der Waals surface area contributed by atoms with Crippen LogP contribution in [0.1, 0.15) is 27.6 Å². The summed E-state index contributed by atoms with van der Waals surface area (Å²) >= 11 is 0. The summed E-state index contributed by atoms with van der Waals surface area (Å²) in [6, 6.07) is 14.1. The predicted octanol–water partition coefficient (Wildman–Crippen LogP) is 3.61. The zero-order chi connectivity index (χ0) is 15.5. The number of aromatic carboxylic acids is 1. The van der Waals surface area contributed by atoms with Gasteiger partial charge in [-0.15, -0.1) is 0 Å². The summed E-state index contributed by atoms with van der Waals surface area (Å²) in [4.78, 5) is 14.0. The van der Waals surface area contributed by atoms with Gasteiger partial charge in [-0.25, -0.2) is 4.79 Å². The van der Waals surface area contributed by atoms with Crippen LogP contribution < -0.4 is 0 Å². The highest BCUT2D eigenvalue weighted by Crippen LogP contribution is 2.21. The monoisotopic (exact) mass is 293 g/mol. The molecule has 3 N–H and O–H groups in total. The molecule has 4 heteroatoms. The molecule has 0 aliphatic carbocycles. The molecule has 3 rings (SSSR count). The van der Waals surface area contributed by atoms with Gasteiger partial charge in [-0.05, 0) is 29.3 Å². The first kappa shape index (κ1) is 14.1. The lowest BCUT2D eigenvalue weighted by Crippen LogP contribution is -1.98. The Hall–Kier alpha value is -2.85. The van der Waals surface area contributed by atoms with E-state index in [0.29, 0.717) is 5.56 Å². The van der Waals surface area contributed by atoms with Gasteiger partial charge in [-0.3, -0.25) is 0 Å². The maximum Gasteiger partial charge on any atom is 0.335 e. The number of carbonyl (C=O) groups is 1. The second kappa shape index (κ2) is 5.87. The number of fused-ring (bicyclic) bond motifs is 1. The quantitative estimate of drug-likeness (QED) is 0.688. The van der Waals surface area contributed by atoms with Gasteiger partial charge in [0.05, 0.1) is 11.7 Å². The van der Waals surface area contributed by atoms with Crippen molar-refractivity contribution in [2.75, 3.05) is 0 Å². The molecule has 4 nitrogen and oxygen atoms in total. The minimum Gasteiger partial charge on any atom is -0.478 e. The molecule has 0 saturated carbocycles. The number of aromatic nitrogens is 1. The lowest BCUT2D eigenvalue weighted by atomic mass is 10.1. The van der Waals surface area contributed by atoms with Crippen molar-refractivity contribution in [2.24, 2.45) is 0 Å². The van der Waals surface area contributed by atoms with Crippen molar-refractivity contribution in [2.45, 2.75) is 6.10 Å². The molecule has 0 bridgehead atoms. The number of aromatic amines is 1. The fraction of sp³-hybridized carbons (Fsp3) is 0.0556. The first-order valence-corrected chi connectivity index (χ1v) is 6.91. The number of aliphatic hydroxyl groups excluding tert-OH is 1. The molecule has 0 aliphatic heterocycles. The van der Waals surface area contributed by atoms with Gasteiger partial charge in [0.25, 0.3) is 0 Å². The van der Waals surface area contributed by atoms with E-state index < -0.39 is 12.1 Å². The molecule has 0 aliphatic rings.